The predicted molar refractivity (Wildman–Crippen MR) is 68.3 cm³/mol. The second-order valence-corrected chi connectivity index (χ2v) is 4.96. The van der Waals surface area contributed by atoms with Gasteiger partial charge in [0, 0.05) is 16.7 Å². The van der Waals surface area contributed by atoms with E-state index in [-0.39, 0.29) is 11.7 Å². The highest BCUT2D eigenvalue weighted by atomic mass is 35.5. The summed E-state index contributed by atoms with van der Waals surface area (Å²) in [6.07, 6.45) is 4.15. The van der Waals surface area contributed by atoms with Gasteiger partial charge in [-0.25, -0.2) is 9.18 Å². The van der Waals surface area contributed by atoms with Crippen molar-refractivity contribution in [1.82, 2.24) is 0 Å². The van der Waals surface area contributed by atoms with Crippen LogP contribution in [0.5, 0.6) is 0 Å². The van der Waals surface area contributed by atoms with Gasteiger partial charge in [-0.05, 0) is 43.7 Å². The summed E-state index contributed by atoms with van der Waals surface area (Å²) in [7, 11) is 0. The molecule has 0 spiro atoms. The third-order valence-electron chi connectivity index (χ3n) is 3.36. The molecule has 96 valence electrons. The fourth-order valence-electron chi connectivity index (χ4n) is 2.50. The Morgan fingerprint density at radius 3 is 2.61 bits per heavy atom. The minimum absolute atomic E-state index is 0.0876. The van der Waals surface area contributed by atoms with E-state index in [1.807, 2.05) is 0 Å². The summed E-state index contributed by atoms with van der Waals surface area (Å²) in [4.78, 5) is 10.6. The summed E-state index contributed by atoms with van der Waals surface area (Å²) >= 11 is 6.03. The Hall–Kier alpha value is -1.35. The smallest absolute Gasteiger partial charge is 0.328 e. The van der Waals surface area contributed by atoms with E-state index in [2.05, 4.69) is 0 Å². The molecule has 1 aliphatic carbocycles. The number of carbonyl (C=O) groups is 1. The standard InChI is InChI=1S/C14H14ClFO2/c15-11-2-1-3-12(16)14(11)10-6-4-9(5-7-10)8-13(17)18/h1-3,8,10H,4-7H2,(H,17,18). The van der Waals surface area contributed by atoms with Crippen molar-refractivity contribution in [3.05, 3.63) is 46.3 Å². The van der Waals surface area contributed by atoms with Crippen molar-refractivity contribution in [3.8, 4) is 0 Å². The van der Waals surface area contributed by atoms with E-state index < -0.39 is 5.97 Å². The highest BCUT2D eigenvalue weighted by Gasteiger charge is 2.23. The first-order valence-corrected chi connectivity index (χ1v) is 6.32. The maximum atomic E-state index is 13.7. The topological polar surface area (TPSA) is 37.3 Å². The Balaban J connectivity index is 2.13. The summed E-state index contributed by atoms with van der Waals surface area (Å²) in [6.45, 7) is 0. The molecule has 4 heteroatoms. The number of rotatable bonds is 2. The van der Waals surface area contributed by atoms with Gasteiger partial charge >= 0.3 is 5.97 Å². The summed E-state index contributed by atoms with van der Waals surface area (Å²) in [5.74, 6) is -1.09. The molecule has 0 atom stereocenters. The van der Waals surface area contributed by atoms with Gasteiger partial charge in [0.1, 0.15) is 5.82 Å². The van der Waals surface area contributed by atoms with Crippen molar-refractivity contribution in [2.75, 3.05) is 0 Å². The first-order valence-electron chi connectivity index (χ1n) is 5.94. The van der Waals surface area contributed by atoms with Crippen molar-refractivity contribution in [2.24, 2.45) is 0 Å². The van der Waals surface area contributed by atoms with Crippen LogP contribution in [-0.4, -0.2) is 11.1 Å². The van der Waals surface area contributed by atoms with E-state index >= 15 is 0 Å². The molecule has 1 fully saturated rings. The number of carboxylic acids is 1. The van der Waals surface area contributed by atoms with Crippen molar-refractivity contribution in [3.63, 3.8) is 0 Å². The Morgan fingerprint density at radius 1 is 1.39 bits per heavy atom. The third kappa shape index (κ3) is 2.91. The number of hydrogen-bond acceptors (Lipinski definition) is 1. The first kappa shape index (κ1) is 13.1. The van der Waals surface area contributed by atoms with Gasteiger partial charge in [0.25, 0.3) is 0 Å². The second-order valence-electron chi connectivity index (χ2n) is 4.55. The van der Waals surface area contributed by atoms with Crippen molar-refractivity contribution < 1.29 is 14.3 Å². The normalized spacial score (nSPS) is 19.7. The lowest BCUT2D eigenvalue weighted by atomic mass is 9.81. The fraction of sp³-hybridized carbons (Fsp3) is 0.357. The number of aliphatic carboxylic acids is 1. The Bertz CT molecular complexity index is 466. The molecule has 1 N–H and O–H groups in total. The van der Waals surface area contributed by atoms with E-state index in [0.29, 0.717) is 23.4 Å². The van der Waals surface area contributed by atoms with Gasteiger partial charge in [0.15, 0.2) is 0 Å². The van der Waals surface area contributed by atoms with Crippen LogP contribution in [0.4, 0.5) is 4.39 Å². The van der Waals surface area contributed by atoms with Crippen LogP contribution in [0.1, 0.15) is 37.2 Å². The van der Waals surface area contributed by atoms with Crippen LogP contribution < -0.4 is 0 Å². The lowest BCUT2D eigenvalue weighted by molar-refractivity contribution is -0.131. The molecule has 0 radical (unpaired) electrons. The Kier molecular flexibility index (Phi) is 4.02. The maximum absolute atomic E-state index is 13.7. The molecule has 1 aromatic rings. The van der Waals surface area contributed by atoms with E-state index in [9.17, 15) is 9.18 Å². The van der Waals surface area contributed by atoms with Crippen LogP contribution >= 0.6 is 11.6 Å². The lowest BCUT2D eigenvalue weighted by Gasteiger charge is -2.25. The molecule has 0 aromatic heterocycles. The van der Waals surface area contributed by atoms with Gasteiger partial charge in [-0.15, -0.1) is 0 Å². The zero-order chi connectivity index (χ0) is 13.1. The molecule has 1 aliphatic rings. The molecular formula is C14H14ClFO2. The van der Waals surface area contributed by atoms with Crippen LogP contribution in [0.25, 0.3) is 0 Å². The first-order chi connectivity index (χ1) is 8.58. The fourth-order valence-corrected chi connectivity index (χ4v) is 2.81. The van der Waals surface area contributed by atoms with Crippen molar-refractivity contribution in [1.29, 1.82) is 0 Å². The van der Waals surface area contributed by atoms with Crippen molar-refractivity contribution in [2.45, 2.75) is 31.6 Å². The zero-order valence-electron chi connectivity index (χ0n) is 9.83. The molecule has 0 amide bonds. The van der Waals surface area contributed by atoms with Gasteiger partial charge in [0.05, 0.1) is 0 Å². The highest BCUT2D eigenvalue weighted by Crippen LogP contribution is 2.39. The molecule has 2 rings (SSSR count). The van der Waals surface area contributed by atoms with E-state index in [4.69, 9.17) is 16.7 Å². The van der Waals surface area contributed by atoms with Crippen LogP contribution in [0.3, 0.4) is 0 Å². The highest BCUT2D eigenvalue weighted by molar-refractivity contribution is 6.31. The van der Waals surface area contributed by atoms with E-state index in [1.165, 1.54) is 12.1 Å². The minimum atomic E-state index is -0.910. The maximum Gasteiger partial charge on any atom is 0.328 e. The van der Waals surface area contributed by atoms with Crippen LogP contribution in [0, 0.1) is 5.82 Å². The quantitative estimate of drug-likeness (QED) is 0.818. The monoisotopic (exact) mass is 268 g/mol. The van der Waals surface area contributed by atoms with Crippen LogP contribution in [-0.2, 0) is 4.79 Å². The van der Waals surface area contributed by atoms with Crippen LogP contribution in [0.2, 0.25) is 5.02 Å². The Labute approximate surface area is 110 Å². The van der Waals surface area contributed by atoms with E-state index in [1.54, 1.807) is 12.1 Å². The average Bonchev–Trinajstić information content (AvgIpc) is 2.30. The van der Waals surface area contributed by atoms with Crippen LogP contribution in [0.15, 0.2) is 29.8 Å². The largest absolute Gasteiger partial charge is 0.478 e. The van der Waals surface area contributed by atoms with Gasteiger partial charge in [-0.1, -0.05) is 23.2 Å². The second kappa shape index (κ2) is 5.53. The molecule has 0 unspecified atom stereocenters. The number of hydrogen-bond donors (Lipinski definition) is 1. The summed E-state index contributed by atoms with van der Waals surface area (Å²) in [5, 5.41) is 9.14. The third-order valence-corrected chi connectivity index (χ3v) is 3.69. The molecule has 2 nitrogen and oxygen atoms in total. The van der Waals surface area contributed by atoms with Crippen molar-refractivity contribution >= 4 is 17.6 Å². The minimum Gasteiger partial charge on any atom is -0.478 e. The molecule has 0 saturated heterocycles. The average molecular weight is 269 g/mol. The SMILES string of the molecule is O=C(O)C=C1CCC(c2c(F)cccc2Cl)CC1. The molecule has 0 aliphatic heterocycles. The molecule has 0 bridgehead atoms. The summed E-state index contributed by atoms with van der Waals surface area (Å²) in [5.41, 5.74) is 1.50. The number of allylic oxidation sites excluding steroid dienone is 1. The molecule has 18 heavy (non-hydrogen) atoms. The predicted octanol–water partition coefficient (Wildman–Crippen LogP) is 4.15. The van der Waals surface area contributed by atoms with Gasteiger partial charge in [-0.3, -0.25) is 0 Å². The summed E-state index contributed by atoms with van der Waals surface area (Å²) in [6, 6.07) is 4.71. The molecule has 0 heterocycles. The molecule has 1 saturated carbocycles. The number of halogens is 2. The zero-order valence-corrected chi connectivity index (χ0v) is 10.6. The number of carboxylic acid groups (broad SMARTS) is 1. The molecule has 1 aromatic carbocycles. The lowest BCUT2D eigenvalue weighted by Crippen LogP contribution is -2.10. The summed E-state index contributed by atoms with van der Waals surface area (Å²) < 4.78 is 13.7. The Morgan fingerprint density at radius 2 is 2.06 bits per heavy atom. The molecular weight excluding hydrogens is 255 g/mol. The van der Waals surface area contributed by atoms with Gasteiger partial charge in [0.2, 0.25) is 0 Å². The van der Waals surface area contributed by atoms with E-state index in [0.717, 1.165) is 18.4 Å². The number of benzene rings is 1. The van der Waals surface area contributed by atoms with Gasteiger partial charge in [-0.2, -0.15) is 0 Å². The van der Waals surface area contributed by atoms with Gasteiger partial charge < -0.3 is 5.11 Å².